The summed E-state index contributed by atoms with van der Waals surface area (Å²) in [5.74, 6) is 0.639. The smallest absolute Gasteiger partial charge is 0.115 e. The Morgan fingerprint density at radius 2 is 1.31 bits per heavy atom. The first-order valence-electron chi connectivity index (χ1n) is 9.38. The van der Waals surface area contributed by atoms with E-state index in [4.69, 9.17) is 0 Å². The maximum absolute atomic E-state index is 9.70. The van der Waals surface area contributed by atoms with Crippen LogP contribution in [0.2, 0.25) is 0 Å². The second-order valence-electron chi connectivity index (χ2n) is 7.16. The van der Waals surface area contributed by atoms with E-state index in [1.54, 1.807) is 12.1 Å². The number of likely N-dealkylation sites (tertiary alicyclic amines) is 1. The summed E-state index contributed by atoms with van der Waals surface area (Å²) in [6.45, 7) is 3.43. The molecule has 2 heteroatoms. The lowest BCUT2D eigenvalue weighted by Gasteiger charge is -2.49. The van der Waals surface area contributed by atoms with Crippen molar-refractivity contribution in [2.24, 2.45) is 0 Å². The Kier molecular flexibility index (Phi) is 4.77. The fourth-order valence-corrected chi connectivity index (χ4v) is 4.17. The highest BCUT2D eigenvalue weighted by atomic mass is 16.3. The fraction of sp³-hybridized carbons (Fsp3) is 0.250. The average molecular weight is 343 g/mol. The van der Waals surface area contributed by atoms with E-state index < -0.39 is 0 Å². The minimum Gasteiger partial charge on any atom is -0.508 e. The quantitative estimate of drug-likeness (QED) is 0.674. The normalized spacial score (nSPS) is 19.5. The predicted molar refractivity (Wildman–Crippen MR) is 106 cm³/mol. The van der Waals surface area contributed by atoms with Crippen molar-refractivity contribution in [2.45, 2.75) is 31.3 Å². The van der Waals surface area contributed by atoms with Gasteiger partial charge in [0.1, 0.15) is 5.75 Å². The number of nitrogens with zero attached hydrogens (tertiary/aromatic N) is 1. The molecular formula is C24H25NO. The fourth-order valence-electron chi connectivity index (χ4n) is 4.17. The molecule has 0 spiro atoms. The van der Waals surface area contributed by atoms with Gasteiger partial charge in [-0.15, -0.1) is 0 Å². The first kappa shape index (κ1) is 16.9. The van der Waals surface area contributed by atoms with Gasteiger partial charge < -0.3 is 5.11 Å². The molecule has 3 aromatic rings. The van der Waals surface area contributed by atoms with Crippen LogP contribution < -0.4 is 0 Å². The Morgan fingerprint density at radius 3 is 1.85 bits per heavy atom. The third-order valence-electron chi connectivity index (χ3n) is 5.68. The Hall–Kier alpha value is -2.58. The molecule has 132 valence electrons. The summed E-state index contributed by atoms with van der Waals surface area (Å²) in [4.78, 5) is 2.61. The van der Waals surface area contributed by atoms with Crippen molar-refractivity contribution in [1.82, 2.24) is 4.90 Å². The van der Waals surface area contributed by atoms with E-state index in [0.717, 1.165) is 6.54 Å². The molecule has 3 atom stereocenters. The molecule has 4 rings (SSSR count). The van der Waals surface area contributed by atoms with E-state index in [1.165, 1.54) is 23.1 Å². The number of benzene rings is 3. The largest absolute Gasteiger partial charge is 0.508 e. The van der Waals surface area contributed by atoms with Gasteiger partial charge in [-0.25, -0.2) is 0 Å². The van der Waals surface area contributed by atoms with E-state index >= 15 is 0 Å². The zero-order chi connectivity index (χ0) is 17.9. The first-order chi connectivity index (χ1) is 12.7. The van der Waals surface area contributed by atoms with Crippen LogP contribution >= 0.6 is 0 Å². The highest BCUT2D eigenvalue weighted by Crippen LogP contribution is 2.41. The Balaban J connectivity index is 1.67. The van der Waals surface area contributed by atoms with Crippen molar-refractivity contribution in [2.75, 3.05) is 6.54 Å². The summed E-state index contributed by atoms with van der Waals surface area (Å²) in [6, 6.07) is 30.1. The molecule has 0 aliphatic carbocycles. The Morgan fingerprint density at radius 1 is 0.769 bits per heavy atom. The minimum absolute atomic E-state index is 0.316. The highest BCUT2D eigenvalue weighted by Gasteiger charge is 2.39. The molecule has 1 saturated heterocycles. The van der Waals surface area contributed by atoms with E-state index in [9.17, 15) is 5.11 Å². The summed E-state index contributed by atoms with van der Waals surface area (Å²) in [6.07, 6.45) is 1.19. The number of rotatable bonds is 5. The molecule has 3 aromatic carbocycles. The molecule has 1 fully saturated rings. The molecule has 1 aliphatic rings. The van der Waals surface area contributed by atoms with E-state index in [1.807, 2.05) is 0 Å². The van der Waals surface area contributed by atoms with Gasteiger partial charge in [0.25, 0.3) is 0 Å². The van der Waals surface area contributed by atoms with Gasteiger partial charge in [0.2, 0.25) is 0 Å². The highest BCUT2D eigenvalue weighted by molar-refractivity contribution is 5.38. The lowest BCUT2D eigenvalue weighted by molar-refractivity contribution is 0.0376. The molecule has 1 aliphatic heterocycles. The van der Waals surface area contributed by atoms with Gasteiger partial charge in [-0.3, -0.25) is 4.90 Å². The van der Waals surface area contributed by atoms with Crippen LogP contribution in [0.25, 0.3) is 0 Å². The number of aromatic hydroxyl groups is 1. The molecule has 26 heavy (non-hydrogen) atoms. The van der Waals surface area contributed by atoms with Crippen molar-refractivity contribution in [3.8, 4) is 5.75 Å². The molecule has 0 bridgehead atoms. The zero-order valence-corrected chi connectivity index (χ0v) is 15.1. The molecule has 1 heterocycles. The van der Waals surface area contributed by atoms with Gasteiger partial charge in [0.15, 0.2) is 0 Å². The van der Waals surface area contributed by atoms with Crippen molar-refractivity contribution < 1.29 is 5.11 Å². The summed E-state index contributed by atoms with van der Waals surface area (Å²) >= 11 is 0. The van der Waals surface area contributed by atoms with Gasteiger partial charge in [0.05, 0.1) is 0 Å². The monoisotopic (exact) mass is 343 g/mol. The van der Waals surface area contributed by atoms with Gasteiger partial charge in [-0.1, -0.05) is 72.8 Å². The van der Waals surface area contributed by atoms with Crippen LogP contribution in [0.3, 0.4) is 0 Å². The van der Waals surface area contributed by atoms with Gasteiger partial charge >= 0.3 is 0 Å². The van der Waals surface area contributed by atoms with Crippen molar-refractivity contribution in [3.05, 3.63) is 102 Å². The molecule has 0 amide bonds. The molecule has 1 N–H and O–H groups in total. The van der Waals surface area contributed by atoms with Crippen LogP contribution in [-0.2, 0) is 0 Å². The van der Waals surface area contributed by atoms with Gasteiger partial charge in [-0.2, -0.15) is 0 Å². The number of hydrogen-bond donors (Lipinski definition) is 1. The number of hydrogen-bond acceptors (Lipinski definition) is 2. The molecule has 2 nitrogen and oxygen atoms in total. The summed E-state index contributed by atoms with van der Waals surface area (Å²) < 4.78 is 0. The molecule has 0 radical (unpaired) electrons. The predicted octanol–water partition coefficient (Wildman–Crippen LogP) is 5.36. The van der Waals surface area contributed by atoms with E-state index in [2.05, 4.69) is 84.6 Å². The molecule has 0 aromatic heterocycles. The summed E-state index contributed by atoms with van der Waals surface area (Å²) in [5.41, 5.74) is 3.98. The molecule has 0 saturated carbocycles. The van der Waals surface area contributed by atoms with Gasteiger partial charge in [0, 0.05) is 24.5 Å². The third-order valence-corrected chi connectivity index (χ3v) is 5.68. The first-order valence-corrected chi connectivity index (χ1v) is 9.38. The molecular weight excluding hydrogens is 318 g/mol. The van der Waals surface area contributed by atoms with Crippen molar-refractivity contribution in [3.63, 3.8) is 0 Å². The maximum Gasteiger partial charge on any atom is 0.115 e. The van der Waals surface area contributed by atoms with Crippen LogP contribution in [0.5, 0.6) is 5.75 Å². The SMILES string of the molecule is C[C@H](c1ccccc1)N1CC[C@H]1C(c1ccccc1)c1ccc(O)cc1. The Bertz CT molecular complexity index is 829. The zero-order valence-electron chi connectivity index (χ0n) is 15.1. The van der Waals surface area contributed by atoms with E-state index in [0.29, 0.717) is 23.8 Å². The van der Waals surface area contributed by atoms with Crippen LogP contribution in [0, 0.1) is 0 Å². The van der Waals surface area contributed by atoms with Crippen molar-refractivity contribution >= 4 is 0 Å². The summed E-state index contributed by atoms with van der Waals surface area (Å²) in [5, 5.41) is 9.70. The molecule has 1 unspecified atom stereocenters. The van der Waals surface area contributed by atoms with Crippen molar-refractivity contribution in [1.29, 1.82) is 0 Å². The second kappa shape index (κ2) is 7.35. The van der Waals surface area contributed by atoms with Crippen LogP contribution in [0.1, 0.15) is 42.0 Å². The lowest BCUT2D eigenvalue weighted by Crippen LogP contribution is -2.52. The average Bonchev–Trinajstić information content (AvgIpc) is 2.67. The number of phenols is 1. The lowest BCUT2D eigenvalue weighted by atomic mass is 9.78. The van der Waals surface area contributed by atoms with Crippen LogP contribution in [0.15, 0.2) is 84.9 Å². The van der Waals surface area contributed by atoms with Crippen LogP contribution in [0.4, 0.5) is 0 Å². The topological polar surface area (TPSA) is 23.5 Å². The minimum atomic E-state index is 0.316. The van der Waals surface area contributed by atoms with E-state index in [-0.39, 0.29) is 0 Å². The van der Waals surface area contributed by atoms with Gasteiger partial charge in [-0.05, 0) is 42.2 Å². The standard InChI is InChI=1S/C24H25NO/c1-18(19-8-4-2-5-9-19)25-17-16-23(25)24(20-10-6-3-7-11-20)21-12-14-22(26)15-13-21/h2-15,18,23-24,26H,16-17H2,1H3/t18-,23+,24?/m1/s1. The summed E-state index contributed by atoms with van der Waals surface area (Å²) in [7, 11) is 0. The van der Waals surface area contributed by atoms with Crippen LogP contribution in [-0.4, -0.2) is 22.6 Å². The number of phenolic OH excluding ortho intramolecular Hbond substituents is 1. The third kappa shape index (κ3) is 3.25. The second-order valence-corrected chi connectivity index (χ2v) is 7.16. The Labute approximate surface area is 155 Å². The maximum atomic E-state index is 9.70.